The Bertz CT molecular complexity index is 843. The van der Waals surface area contributed by atoms with Crippen molar-refractivity contribution >= 4 is 11.9 Å². The fourth-order valence-electron chi connectivity index (χ4n) is 4.21. The number of ether oxygens (including phenoxy) is 2. The Morgan fingerprint density at radius 1 is 1.18 bits per heavy atom. The van der Waals surface area contributed by atoms with Crippen LogP contribution < -0.4 is 0 Å². The van der Waals surface area contributed by atoms with Gasteiger partial charge in [0, 0.05) is 39.2 Å². The summed E-state index contributed by atoms with van der Waals surface area (Å²) in [7, 11) is 1.64. The molecule has 3 atom stereocenters. The number of aliphatic hydroxyl groups excluding tert-OH is 2. The van der Waals surface area contributed by atoms with E-state index in [2.05, 4.69) is 0 Å². The zero-order chi connectivity index (χ0) is 24.2. The molecule has 1 aromatic carbocycles. The molecule has 0 saturated heterocycles. The molecular weight excluding hydrogens is 424 g/mol. The predicted molar refractivity (Wildman–Crippen MR) is 124 cm³/mol. The Morgan fingerprint density at radius 2 is 1.91 bits per heavy atom. The first kappa shape index (κ1) is 26.8. The van der Waals surface area contributed by atoms with E-state index in [1.165, 1.54) is 6.92 Å². The van der Waals surface area contributed by atoms with Crippen molar-refractivity contribution in [3.8, 4) is 0 Å². The highest BCUT2D eigenvalue weighted by Gasteiger charge is 2.33. The molecule has 0 fully saturated rings. The highest BCUT2D eigenvalue weighted by atomic mass is 16.5. The van der Waals surface area contributed by atoms with E-state index in [-0.39, 0.29) is 18.8 Å². The molecule has 0 aliphatic heterocycles. The number of benzene rings is 1. The summed E-state index contributed by atoms with van der Waals surface area (Å²) in [5.41, 5.74) is 2.91. The molecule has 33 heavy (non-hydrogen) atoms. The van der Waals surface area contributed by atoms with Crippen molar-refractivity contribution < 1.29 is 34.4 Å². The van der Waals surface area contributed by atoms with Crippen LogP contribution in [0.25, 0.3) is 0 Å². The highest BCUT2D eigenvalue weighted by molar-refractivity contribution is 5.67. The highest BCUT2D eigenvalue weighted by Crippen LogP contribution is 2.37. The zero-order valence-electron chi connectivity index (χ0n) is 19.5. The minimum Gasteiger partial charge on any atom is -0.481 e. The Kier molecular flexibility index (Phi) is 11.3. The van der Waals surface area contributed by atoms with Crippen LogP contribution in [0.1, 0.15) is 63.0 Å². The third kappa shape index (κ3) is 9.50. The predicted octanol–water partition coefficient (Wildman–Crippen LogP) is 3.92. The lowest BCUT2D eigenvalue weighted by atomic mass is 9.93. The van der Waals surface area contributed by atoms with Crippen LogP contribution in [0.5, 0.6) is 0 Å². The summed E-state index contributed by atoms with van der Waals surface area (Å²) in [6, 6.07) is 7.86. The summed E-state index contributed by atoms with van der Waals surface area (Å²) in [6.45, 7) is 1.85. The second-order valence-corrected chi connectivity index (χ2v) is 8.56. The van der Waals surface area contributed by atoms with Gasteiger partial charge >= 0.3 is 11.9 Å². The van der Waals surface area contributed by atoms with Gasteiger partial charge in [-0.25, -0.2) is 0 Å². The van der Waals surface area contributed by atoms with Crippen molar-refractivity contribution in [2.24, 2.45) is 5.92 Å². The molecule has 0 saturated carbocycles. The summed E-state index contributed by atoms with van der Waals surface area (Å²) in [5, 5.41) is 29.9. The van der Waals surface area contributed by atoms with Gasteiger partial charge in [-0.05, 0) is 36.0 Å². The van der Waals surface area contributed by atoms with Gasteiger partial charge in [0.2, 0.25) is 0 Å². The van der Waals surface area contributed by atoms with Gasteiger partial charge in [0.05, 0.1) is 18.8 Å². The van der Waals surface area contributed by atoms with E-state index in [4.69, 9.17) is 14.6 Å². The SMILES string of the molecule is COCc1cccc(C[C@@H](O)/C=C/[C@@H]2C(CCCCCCC(=O)O)=C(OC(C)=O)C[C@H]2O)c1. The first-order valence-electron chi connectivity index (χ1n) is 11.5. The molecule has 0 amide bonds. The van der Waals surface area contributed by atoms with Gasteiger partial charge in [-0.3, -0.25) is 9.59 Å². The standard InChI is InChI=1S/C26H36O7/c1-18(27)33-25-16-24(29)22(23(25)10-5-3-4-6-11-26(30)31)13-12-21(28)15-19-8-7-9-20(14-19)17-32-2/h7-9,12-14,21-22,24,28-29H,3-6,10-11,15-17H2,1-2H3,(H,30,31)/b13-12+/t21-,22+,24+/m0/s1. The zero-order valence-corrected chi connectivity index (χ0v) is 19.5. The van der Waals surface area contributed by atoms with E-state index < -0.39 is 24.1 Å². The number of esters is 1. The number of aliphatic carboxylic acids is 1. The molecule has 1 aromatic rings. The lowest BCUT2D eigenvalue weighted by Gasteiger charge is -2.16. The molecule has 0 radical (unpaired) electrons. The fourth-order valence-corrected chi connectivity index (χ4v) is 4.21. The van der Waals surface area contributed by atoms with E-state index in [1.807, 2.05) is 30.3 Å². The van der Waals surface area contributed by atoms with Crippen molar-refractivity contribution in [2.75, 3.05) is 7.11 Å². The van der Waals surface area contributed by atoms with Gasteiger partial charge in [-0.1, -0.05) is 49.3 Å². The molecule has 7 heteroatoms. The van der Waals surface area contributed by atoms with Gasteiger partial charge < -0.3 is 24.8 Å². The topological polar surface area (TPSA) is 113 Å². The molecule has 3 N–H and O–H groups in total. The lowest BCUT2D eigenvalue weighted by molar-refractivity contribution is -0.138. The van der Waals surface area contributed by atoms with Crippen molar-refractivity contribution in [2.45, 2.75) is 77.1 Å². The molecular formula is C26H36O7. The first-order valence-corrected chi connectivity index (χ1v) is 11.5. The van der Waals surface area contributed by atoms with Crippen molar-refractivity contribution in [3.05, 3.63) is 58.9 Å². The fraction of sp³-hybridized carbons (Fsp3) is 0.538. The number of hydrogen-bond acceptors (Lipinski definition) is 6. The molecule has 7 nitrogen and oxygen atoms in total. The number of rotatable bonds is 14. The van der Waals surface area contributed by atoms with Crippen molar-refractivity contribution in [1.29, 1.82) is 0 Å². The molecule has 0 heterocycles. The minimum atomic E-state index is -0.789. The molecule has 1 aliphatic rings. The Labute approximate surface area is 195 Å². The number of carbonyl (C=O) groups is 2. The number of unbranched alkanes of at least 4 members (excludes halogenated alkanes) is 3. The quantitative estimate of drug-likeness (QED) is 0.219. The van der Waals surface area contributed by atoms with Crippen LogP contribution in [0.3, 0.4) is 0 Å². The van der Waals surface area contributed by atoms with E-state index in [0.717, 1.165) is 36.0 Å². The second-order valence-electron chi connectivity index (χ2n) is 8.56. The molecule has 1 aliphatic carbocycles. The minimum absolute atomic E-state index is 0.164. The van der Waals surface area contributed by atoms with Crippen LogP contribution in [0, 0.1) is 5.92 Å². The van der Waals surface area contributed by atoms with Crippen LogP contribution in [-0.4, -0.2) is 46.6 Å². The second kappa shape index (κ2) is 13.9. The van der Waals surface area contributed by atoms with Gasteiger partial charge in [-0.15, -0.1) is 0 Å². The maximum absolute atomic E-state index is 11.5. The van der Waals surface area contributed by atoms with Crippen molar-refractivity contribution in [1.82, 2.24) is 0 Å². The Morgan fingerprint density at radius 3 is 2.61 bits per heavy atom. The molecule has 0 spiro atoms. The van der Waals surface area contributed by atoms with Crippen LogP contribution >= 0.6 is 0 Å². The van der Waals surface area contributed by atoms with E-state index in [9.17, 15) is 19.8 Å². The summed E-state index contributed by atoms with van der Waals surface area (Å²) in [4.78, 5) is 22.2. The number of carbonyl (C=O) groups excluding carboxylic acids is 1. The number of methoxy groups -OCH3 is 1. The molecule has 0 bridgehead atoms. The summed E-state index contributed by atoms with van der Waals surface area (Å²) < 4.78 is 10.5. The number of carboxylic acid groups (broad SMARTS) is 1. The van der Waals surface area contributed by atoms with Crippen LogP contribution in [0.4, 0.5) is 0 Å². The van der Waals surface area contributed by atoms with Crippen LogP contribution in [-0.2, 0) is 32.1 Å². The van der Waals surface area contributed by atoms with Gasteiger partial charge in [-0.2, -0.15) is 0 Å². The Balaban J connectivity index is 2.00. The smallest absolute Gasteiger partial charge is 0.307 e. The maximum Gasteiger partial charge on any atom is 0.307 e. The summed E-state index contributed by atoms with van der Waals surface area (Å²) in [5.74, 6) is -1.02. The average Bonchev–Trinajstić information content (AvgIpc) is 3.02. The maximum atomic E-state index is 11.5. The third-order valence-corrected chi connectivity index (χ3v) is 5.71. The summed E-state index contributed by atoms with van der Waals surface area (Å²) in [6.07, 6.45) is 6.71. The van der Waals surface area contributed by atoms with E-state index in [1.54, 1.807) is 13.2 Å². The molecule has 0 unspecified atom stereocenters. The number of aliphatic hydroxyl groups is 2. The first-order chi connectivity index (χ1) is 15.8. The number of carboxylic acids is 1. The normalized spacial score (nSPS) is 19.3. The summed E-state index contributed by atoms with van der Waals surface area (Å²) >= 11 is 0. The third-order valence-electron chi connectivity index (χ3n) is 5.71. The van der Waals surface area contributed by atoms with Gasteiger partial charge in [0.25, 0.3) is 0 Å². The average molecular weight is 461 g/mol. The monoisotopic (exact) mass is 460 g/mol. The van der Waals surface area contributed by atoms with Crippen molar-refractivity contribution in [3.63, 3.8) is 0 Å². The van der Waals surface area contributed by atoms with E-state index in [0.29, 0.717) is 31.6 Å². The van der Waals surface area contributed by atoms with Gasteiger partial charge in [0.1, 0.15) is 5.76 Å². The molecule has 182 valence electrons. The Hall–Kier alpha value is -2.48. The van der Waals surface area contributed by atoms with Crippen LogP contribution in [0.15, 0.2) is 47.7 Å². The van der Waals surface area contributed by atoms with Crippen LogP contribution in [0.2, 0.25) is 0 Å². The molecule has 0 aromatic heterocycles. The largest absolute Gasteiger partial charge is 0.481 e. The van der Waals surface area contributed by atoms with E-state index >= 15 is 0 Å². The lowest BCUT2D eigenvalue weighted by Crippen LogP contribution is -2.16. The molecule has 2 rings (SSSR count). The number of hydrogen-bond donors (Lipinski definition) is 3. The van der Waals surface area contributed by atoms with Gasteiger partial charge in [0.15, 0.2) is 0 Å².